The predicted molar refractivity (Wildman–Crippen MR) is 29.9 cm³/mol. The summed E-state index contributed by atoms with van der Waals surface area (Å²) in [5.74, 6) is -1.71. The molecule has 0 aromatic carbocycles. The van der Waals surface area contributed by atoms with Crippen LogP contribution in [0.3, 0.4) is 0 Å². The molecule has 0 aromatic heterocycles. The minimum Gasteiger partial charge on any atom is -0.466 e. The lowest BCUT2D eigenvalue weighted by Gasteiger charge is -1.87. The van der Waals surface area contributed by atoms with E-state index in [4.69, 9.17) is 5.26 Å². The first kappa shape index (κ1) is 8.64. The molecule has 0 unspecified atom stereocenters. The molecule has 0 aliphatic rings. The fourth-order valence-electron chi connectivity index (χ4n) is 0.235. The minimum absolute atomic E-state index is 0.689. The normalized spacial score (nSPS) is 9.40. The summed E-state index contributed by atoms with van der Waals surface area (Å²) in [5, 5.41) is 7.67. The average Bonchev–Trinajstić information content (AvgIpc) is 1.99. The molecule has 0 atom stereocenters. The van der Waals surface area contributed by atoms with Crippen LogP contribution in [0.4, 0.5) is 0 Å². The fourth-order valence-corrected chi connectivity index (χ4v) is 0.235. The maximum atomic E-state index is 10.2. The Bertz CT molecular complexity index is 141. The van der Waals surface area contributed by atoms with Gasteiger partial charge in [0.15, 0.2) is 0 Å². The summed E-state index contributed by atoms with van der Waals surface area (Å²) in [5.41, 5.74) is 0. The highest BCUT2D eigenvalue weighted by Crippen LogP contribution is 1.79. The lowest BCUT2D eigenvalue weighted by molar-refractivity contribution is -0.228. The van der Waals surface area contributed by atoms with E-state index in [-0.39, 0.29) is 0 Å². The van der Waals surface area contributed by atoms with Gasteiger partial charge in [-0.1, -0.05) is 0 Å². The molecule has 0 amide bonds. The van der Waals surface area contributed by atoms with Crippen molar-refractivity contribution in [3.63, 3.8) is 0 Å². The van der Waals surface area contributed by atoms with Crippen LogP contribution < -0.4 is 0 Å². The van der Waals surface area contributed by atoms with Crippen LogP contribution in [0.25, 0.3) is 0 Å². The van der Waals surface area contributed by atoms with Gasteiger partial charge in [-0.15, -0.1) is 0 Å². The van der Waals surface area contributed by atoms with Crippen LogP contribution in [0.5, 0.6) is 0 Å². The van der Waals surface area contributed by atoms with Gasteiger partial charge in [0.1, 0.15) is 0 Å². The monoisotopic (exact) mass is 146 g/mol. The van der Waals surface area contributed by atoms with E-state index < -0.39 is 11.9 Å². The predicted octanol–water partition coefficient (Wildman–Crippen LogP) is -0.268. The summed E-state index contributed by atoms with van der Waals surface area (Å²) in [7, 11) is 1.16. The maximum absolute atomic E-state index is 10.2. The van der Waals surface area contributed by atoms with Gasteiger partial charge in [0, 0.05) is 12.2 Å². The van der Waals surface area contributed by atoms with Crippen molar-refractivity contribution in [2.45, 2.75) is 0 Å². The van der Waals surface area contributed by atoms with E-state index in [1.165, 1.54) is 0 Å². The first-order valence-corrected chi connectivity index (χ1v) is 2.32. The van der Waals surface area contributed by atoms with Gasteiger partial charge in [-0.25, -0.2) is 9.59 Å². The molecule has 0 rings (SSSR count). The van der Waals surface area contributed by atoms with Gasteiger partial charge in [0.05, 0.1) is 7.11 Å². The average molecular weight is 146 g/mol. The van der Waals surface area contributed by atoms with Crippen molar-refractivity contribution in [3.05, 3.63) is 12.2 Å². The number of methoxy groups -OCH3 is 1. The summed E-state index contributed by atoms with van der Waals surface area (Å²) >= 11 is 0. The van der Waals surface area contributed by atoms with Gasteiger partial charge in [0.25, 0.3) is 0 Å². The second-order valence-electron chi connectivity index (χ2n) is 1.27. The van der Waals surface area contributed by atoms with Crippen LogP contribution >= 0.6 is 0 Å². The molecule has 5 heteroatoms. The molecule has 0 radical (unpaired) electrons. The Hall–Kier alpha value is -1.36. The topological polar surface area (TPSA) is 72.8 Å². The van der Waals surface area contributed by atoms with E-state index in [0.717, 1.165) is 19.3 Å². The van der Waals surface area contributed by atoms with E-state index in [9.17, 15) is 9.59 Å². The van der Waals surface area contributed by atoms with Gasteiger partial charge in [-0.2, -0.15) is 5.26 Å². The van der Waals surface area contributed by atoms with Crippen LogP contribution in [0.15, 0.2) is 12.2 Å². The first-order valence-electron chi connectivity index (χ1n) is 2.32. The number of carbonyl (C=O) groups is 2. The molecule has 0 saturated carbocycles. The summed E-state index contributed by atoms with van der Waals surface area (Å²) < 4.78 is 4.13. The Kier molecular flexibility index (Phi) is 3.90. The molecule has 0 saturated heterocycles. The van der Waals surface area contributed by atoms with E-state index >= 15 is 0 Å². The Labute approximate surface area is 56.8 Å². The Balaban J connectivity index is 3.75. The summed E-state index contributed by atoms with van der Waals surface area (Å²) in [6, 6.07) is 0. The molecule has 5 nitrogen and oxygen atoms in total. The molecule has 0 aliphatic carbocycles. The van der Waals surface area contributed by atoms with Gasteiger partial charge >= 0.3 is 11.9 Å². The first-order chi connectivity index (χ1) is 4.70. The number of hydrogen-bond acceptors (Lipinski definition) is 5. The Morgan fingerprint density at radius 1 is 1.30 bits per heavy atom. The smallest absolute Gasteiger partial charge is 0.365 e. The largest absolute Gasteiger partial charge is 0.466 e. The summed E-state index contributed by atoms with van der Waals surface area (Å²) in [4.78, 5) is 23.5. The van der Waals surface area contributed by atoms with Gasteiger partial charge in [-0.05, 0) is 0 Å². The van der Waals surface area contributed by atoms with Crippen molar-refractivity contribution >= 4 is 11.9 Å². The van der Waals surface area contributed by atoms with E-state index in [1.54, 1.807) is 0 Å². The fraction of sp³-hybridized carbons (Fsp3) is 0.200. The third kappa shape index (κ3) is 3.62. The standard InChI is InChI=1S/C5H6O5/c1-9-4(6)2-3-5(7)10-8/h2-3,8H,1H3/b3-2+. The number of carbonyl (C=O) groups excluding carboxylic acids is 2. The molecule has 0 fully saturated rings. The van der Waals surface area contributed by atoms with Crippen molar-refractivity contribution in [3.8, 4) is 0 Å². The Morgan fingerprint density at radius 3 is 2.20 bits per heavy atom. The number of esters is 1. The zero-order valence-corrected chi connectivity index (χ0v) is 5.23. The molecule has 56 valence electrons. The number of ether oxygens (including phenoxy) is 1. The highest BCUT2D eigenvalue weighted by molar-refractivity contribution is 5.91. The lowest BCUT2D eigenvalue weighted by atomic mass is 10.5. The molecule has 0 aromatic rings. The van der Waals surface area contributed by atoms with Crippen LogP contribution in [0.1, 0.15) is 0 Å². The molecule has 0 bridgehead atoms. The zero-order chi connectivity index (χ0) is 7.98. The molecule has 0 spiro atoms. The SMILES string of the molecule is COC(=O)/C=C/C(=O)OO. The highest BCUT2D eigenvalue weighted by Gasteiger charge is 1.96. The van der Waals surface area contributed by atoms with Crippen molar-refractivity contribution in [1.82, 2.24) is 0 Å². The van der Waals surface area contributed by atoms with Crippen molar-refractivity contribution in [1.29, 1.82) is 0 Å². The maximum Gasteiger partial charge on any atom is 0.365 e. The van der Waals surface area contributed by atoms with Crippen LogP contribution in [-0.2, 0) is 19.2 Å². The van der Waals surface area contributed by atoms with Crippen molar-refractivity contribution in [2.75, 3.05) is 7.11 Å². The van der Waals surface area contributed by atoms with Crippen molar-refractivity contribution in [2.24, 2.45) is 0 Å². The van der Waals surface area contributed by atoms with E-state index in [0.29, 0.717) is 0 Å². The molecule has 10 heavy (non-hydrogen) atoms. The van der Waals surface area contributed by atoms with Crippen molar-refractivity contribution < 1.29 is 24.5 Å². The molecular formula is C5H6O5. The van der Waals surface area contributed by atoms with Crippen LogP contribution in [0, 0.1) is 0 Å². The highest BCUT2D eigenvalue weighted by atomic mass is 17.1. The van der Waals surface area contributed by atoms with Gasteiger partial charge in [-0.3, -0.25) is 4.89 Å². The quantitative estimate of drug-likeness (QED) is 0.251. The zero-order valence-electron chi connectivity index (χ0n) is 5.23. The van der Waals surface area contributed by atoms with Crippen LogP contribution in [0.2, 0.25) is 0 Å². The molecule has 1 N–H and O–H groups in total. The van der Waals surface area contributed by atoms with E-state index in [2.05, 4.69) is 9.62 Å². The van der Waals surface area contributed by atoms with Gasteiger partial charge in [0.2, 0.25) is 0 Å². The second-order valence-corrected chi connectivity index (χ2v) is 1.27. The molecular weight excluding hydrogens is 140 g/mol. The minimum atomic E-state index is -1.02. The Morgan fingerprint density at radius 2 is 1.80 bits per heavy atom. The third-order valence-electron chi connectivity index (χ3n) is 0.647. The van der Waals surface area contributed by atoms with Gasteiger partial charge < -0.3 is 4.74 Å². The summed E-state index contributed by atoms with van der Waals surface area (Å²) in [6.07, 6.45) is 1.57. The van der Waals surface area contributed by atoms with Crippen LogP contribution in [-0.4, -0.2) is 24.3 Å². The molecule has 0 heterocycles. The summed E-state index contributed by atoms with van der Waals surface area (Å²) in [6.45, 7) is 0. The number of hydrogen-bond donors (Lipinski definition) is 1. The second kappa shape index (κ2) is 4.51. The number of rotatable bonds is 2. The lowest BCUT2D eigenvalue weighted by Crippen LogP contribution is -1.99. The molecule has 0 aliphatic heterocycles. The third-order valence-corrected chi connectivity index (χ3v) is 0.647. The van der Waals surface area contributed by atoms with E-state index in [1.807, 2.05) is 0 Å².